The van der Waals surface area contributed by atoms with E-state index in [1.807, 2.05) is 0 Å². The van der Waals surface area contributed by atoms with Gasteiger partial charge in [-0.1, -0.05) is 27.7 Å². The van der Waals surface area contributed by atoms with Crippen molar-refractivity contribution in [1.29, 1.82) is 0 Å². The minimum atomic E-state index is -0.135. The largest absolute Gasteiger partial charge is 0.462 e. The second kappa shape index (κ2) is 4.54. The van der Waals surface area contributed by atoms with Crippen molar-refractivity contribution in [3.63, 3.8) is 0 Å². The molecule has 1 aliphatic rings. The first-order chi connectivity index (χ1) is 6.80. The Balaban J connectivity index is 2.71. The molecule has 0 bridgehead atoms. The Labute approximate surface area is 93.4 Å². The lowest BCUT2D eigenvalue weighted by Crippen LogP contribution is -2.39. The molecule has 0 saturated heterocycles. The standard InChI is InChI=1S/C13H24O2/c1-9-6-7-12(15-10(2)14)11(8-9)13(3,4)5/h9,11-12H,6-8H2,1-5H3. The molecule has 1 aliphatic carbocycles. The molecule has 0 N–H and O–H groups in total. The molecule has 0 radical (unpaired) electrons. The molecule has 0 heterocycles. The molecule has 2 heteroatoms. The molecular weight excluding hydrogens is 188 g/mol. The zero-order chi connectivity index (χ0) is 11.6. The van der Waals surface area contributed by atoms with Crippen molar-refractivity contribution in [3.8, 4) is 0 Å². The quantitative estimate of drug-likeness (QED) is 0.623. The minimum Gasteiger partial charge on any atom is -0.462 e. The van der Waals surface area contributed by atoms with Gasteiger partial charge in [-0.3, -0.25) is 4.79 Å². The topological polar surface area (TPSA) is 26.3 Å². The van der Waals surface area contributed by atoms with Gasteiger partial charge in [-0.05, 0) is 30.6 Å². The summed E-state index contributed by atoms with van der Waals surface area (Å²) in [5.41, 5.74) is 0.231. The molecular formula is C13H24O2. The fourth-order valence-electron chi connectivity index (χ4n) is 2.62. The van der Waals surface area contributed by atoms with Crippen LogP contribution >= 0.6 is 0 Å². The van der Waals surface area contributed by atoms with E-state index in [0.717, 1.165) is 12.3 Å². The highest BCUT2D eigenvalue weighted by Crippen LogP contribution is 2.41. The average molecular weight is 212 g/mol. The highest BCUT2D eigenvalue weighted by Gasteiger charge is 2.38. The lowest BCUT2D eigenvalue weighted by molar-refractivity contribution is -0.154. The second-order valence-electron chi connectivity index (χ2n) is 6.04. The van der Waals surface area contributed by atoms with Gasteiger partial charge in [0.05, 0.1) is 0 Å². The van der Waals surface area contributed by atoms with Gasteiger partial charge < -0.3 is 4.74 Å². The van der Waals surface area contributed by atoms with Crippen LogP contribution in [0.5, 0.6) is 0 Å². The molecule has 88 valence electrons. The van der Waals surface area contributed by atoms with Gasteiger partial charge in [-0.25, -0.2) is 0 Å². The molecule has 2 nitrogen and oxygen atoms in total. The molecule has 0 aromatic carbocycles. The second-order valence-corrected chi connectivity index (χ2v) is 6.04. The molecule has 3 unspecified atom stereocenters. The Morgan fingerprint density at radius 2 is 1.87 bits per heavy atom. The van der Waals surface area contributed by atoms with Crippen molar-refractivity contribution >= 4 is 5.97 Å². The van der Waals surface area contributed by atoms with E-state index in [4.69, 9.17) is 4.74 Å². The first kappa shape index (κ1) is 12.5. The summed E-state index contributed by atoms with van der Waals surface area (Å²) in [6.07, 6.45) is 3.54. The maximum Gasteiger partial charge on any atom is 0.302 e. The molecule has 1 fully saturated rings. The van der Waals surface area contributed by atoms with Crippen LogP contribution in [0.1, 0.15) is 53.9 Å². The lowest BCUT2D eigenvalue weighted by Gasteiger charge is -2.41. The van der Waals surface area contributed by atoms with Gasteiger partial charge in [0.25, 0.3) is 0 Å². The van der Waals surface area contributed by atoms with Crippen LogP contribution in [0.2, 0.25) is 0 Å². The Morgan fingerprint density at radius 3 is 2.33 bits per heavy atom. The van der Waals surface area contributed by atoms with E-state index in [9.17, 15) is 4.79 Å². The van der Waals surface area contributed by atoms with Crippen molar-refractivity contribution in [1.82, 2.24) is 0 Å². The van der Waals surface area contributed by atoms with Crippen LogP contribution in [0.3, 0.4) is 0 Å². The van der Waals surface area contributed by atoms with Crippen LogP contribution in [0.4, 0.5) is 0 Å². The number of hydrogen-bond acceptors (Lipinski definition) is 2. The monoisotopic (exact) mass is 212 g/mol. The third-order valence-corrected chi connectivity index (χ3v) is 3.48. The summed E-state index contributed by atoms with van der Waals surface area (Å²) in [5, 5.41) is 0. The molecule has 0 aliphatic heterocycles. The van der Waals surface area contributed by atoms with Crippen molar-refractivity contribution in [2.24, 2.45) is 17.3 Å². The number of esters is 1. The SMILES string of the molecule is CC(=O)OC1CCC(C)CC1C(C)(C)C. The number of carbonyl (C=O) groups is 1. The summed E-state index contributed by atoms with van der Waals surface area (Å²) in [5.74, 6) is 1.13. The Morgan fingerprint density at radius 1 is 1.27 bits per heavy atom. The van der Waals surface area contributed by atoms with Crippen LogP contribution in [0, 0.1) is 17.3 Å². The predicted octanol–water partition coefficient (Wildman–Crippen LogP) is 3.40. The van der Waals surface area contributed by atoms with Crippen LogP contribution < -0.4 is 0 Å². The third-order valence-electron chi connectivity index (χ3n) is 3.48. The predicted molar refractivity (Wildman–Crippen MR) is 61.5 cm³/mol. The normalized spacial score (nSPS) is 32.5. The lowest BCUT2D eigenvalue weighted by atomic mass is 9.68. The average Bonchev–Trinajstić information content (AvgIpc) is 2.05. The van der Waals surface area contributed by atoms with Gasteiger partial charge in [-0.2, -0.15) is 0 Å². The summed E-state index contributed by atoms with van der Waals surface area (Å²) in [6.45, 7) is 10.5. The number of hydrogen-bond donors (Lipinski definition) is 0. The third kappa shape index (κ3) is 3.51. The van der Waals surface area contributed by atoms with Gasteiger partial charge in [0.15, 0.2) is 0 Å². The molecule has 0 aromatic rings. The smallest absolute Gasteiger partial charge is 0.302 e. The van der Waals surface area contributed by atoms with E-state index in [0.29, 0.717) is 5.92 Å². The van der Waals surface area contributed by atoms with E-state index in [-0.39, 0.29) is 17.5 Å². The Hall–Kier alpha value is -0.530. The fourth-order valence-corrected chi connectivity index (χ4v) is 2.62. The summed E-state index contributed by atoms with van der Waals surface area (Å²) >= 11 is 0. The molecule has 1 saturated carbocycles. The zero-order valence-corrected chi connectivity index (χ0v) is 10.7. The number of rotatable bonds is 1. The van der Waals surface area contributed by atoms with Gasteiger partial charge in [0.2, 0.25) is 0 Å². The summed E-state index contributed by atoms with van der Waals surface area (Å²) in [4.78, 5) is 11.0. The summed E-state index contributed by atoms with van der Waals surface area (Å²) < 4.78 is 5.44. The fraction of sp³-hybridized carbons (Fsp3) is 0.923. The Kier molecular flexibility index (Phi) is 3.80. The van der Waals surface area contributed by atoms with Crippen LogP contribution in [-0.2, 0) is 9.53 Å². The van der Waals surface area contributed by atoms with Gasteiger partial charge in [-0.15, -0.1) is 0 Å². The van der Waals surface area contributed by atoms with Gasteiger partial charge >= 0.3 is 5.97 Å². The molecule has 0 aromatic heterocycles. The molecule has 15 heavy (non-hydrogen) atoms. The van der Waals surface area contributed by atoms with E-state index in [1.54, 1.807) is 0 Å². The maximum atomic E-state index is 11.0. The van der Waals surface area contributed by atoms with Gasteiger partial charge in [0, 0.05) is 12.8 Å². The highest BCUT2D eigenvalue weighted by atomic mass is 16.5. The van der Waals surface area contributed by atoms with Crippen molar-refractivity contribution < 1.29 is 9.53 Å². The molecule has 1 rings (SSSR count). The first-order valence-electron chi connectivity index (χ1n) is 5.98. The molecule has 3 atom stereocenters. The zero-order valence-electron chi connectivity index (χ0n) is 10.7. The number of carbonyl (C=O) groups excluding carboxylic acids is 1. The van der Waals surface area contributed by atoms with Crippen molar-refractivity contribution in [2.45, 2.75) is 60.0 Å². The van der Waals surface area contributed by atoms with Gasteiger partial charge in [0.1, 0.15) is 6.10 Å². The highest BCUT2D eigenvalue weighted by molar-refractivity contribution is 5.66. The van der Waals surface area contributed by atoms with E-state index < -0.39 is 0 Å². The summed E-state index contributed by atoms with van der Waals surface area (Å²) in [7, 11) is 0. The van der Waals surface area contributed by atoms with E-state index in [2.05, 4.69) is 27.7 Å². The Bertz CT molecular complexity index is 227. The maximum absolute atomic E-state index is 11.0. The first-order valence-corrected chi connectivity index (χ1v) is 5.98. The van der Waals surface area contributed by atoms with Crippen molar-refractivity contribution in [2.75, 3.05) is 0 Å². The minimum absolute atomic E-state index is 0.135. The van der Waals surface area contributed by atoms with E-state index >= 15 is 0 Å². The van der Waals surface area contributed by atoms with E-state index in [1.165, 1.54) is 19.8 Å². The molecule has 0 amide bonds. The van der Waals surface area contributed by atoms with Crippen LogP contribution in [-0.4, -0.2) is 12.1 Å². The molecule has 0 spiro atoms. The number of ether oxygens (including phenoxy) is 1. The van der Waals surface area contributed by atoms with Crippen LogP contribution in [0.25, 0.3) is 0 Å². The summed E-state index contributed by atoms with van der Waals surface area (Å²) in [6, 6.07) is 0. The van der Waals surface area contributed by atoms with Crippen LogP contribution in [0.15, 0.2) is 0 Å². The van der Waals surface area contributed by atoms with Crippen molar-refractivity contribution in [3.05, 3.63) is 0 Å².